The highest BCUT2D eigenvalue weighted by molar-refractivity contribution is 5.17. The summed E-state index contributed by atoms with van der Waals surface area (Å²) in [6, 6.07) is 0. The third-order valence-electron chi connectivity index (χ3n) is 4.91. The molecule has 0 bridgehead atoms. The molecule has 0 saturated heterocycles. The van der Waals surface area contributed by atoms with E-state index < -0.39 is 0 Å². The van der Waals surface area contributed by atoms with Gasteiger partial charge in [-0.2, -0.15) is 0 Å². The van der Waals surface area contributed by atoms with Gasteiger partial charge in [-0.15, -0.1) is 0 Å². The molecule has 2 heteroatoms. The van der Waals surface area contributed by atoms with Gasteiger partial charge in [0.25, 0.3) is 0 Å². The van der Waals surface area contributed by atoms with Crippen LogP contribution in [0.2, 0.25) is 0 Å². The van der Waals surface area contributed by atoms with E-state index in [1.54, 1.807) is 0 Å². The molecule has 3 N–H and O–H groups in total. The van der Waals surface area contributed by atoms with Crippen LogP contribution in [0.25, 0.3) is 0 Å². The van der Waals surface area contributed by atoms with E-state index in [0.29, 0.717) is 17.9 Å². The maximum Gasteiger partial charge on any atom is 0.0642 e. The highest BCUT2D eigenvalue weighted by Crippen LogP contribution is 2.73. The fourth-order valence-corrected chi connectivity index (χ4v) is 3.24. The average molecular weight is 181 g/mol. The van der Waals surface area contributed by atoms with Crippen molar-refractivity contribution < 1.29 is 5.11 Å². The molecule has 3 saturated carbocycles. The normalized spacial score (nSPS) is 39.7. The molecule has 3 aliphatic carbocycles. The maximum atomic E-state index is 10.3. The van der Waals surface area contributed by atoms with Gasteiger partial charge >= 0.3 is 0 Å². The quantitative estimate of drug-likeness (QED) is 0.689. The van der Waals surface area contributed by atoms with Crippen LogP contribution in [-0.4, -0.2) is 17.8 Å². The van der Waals surface area contributed by atoms with Gasteiger partial charge in [-0.3, -0.25) is 0 Å². The van der Waals surface area contributed by atoms with Gasteiger partial charge in [0, 0.05) is 12.0 Å². The van der Waals surface area contributed by atoms with Crippen LogP contribution in [0.3, 0.4) is 0 Å². The summed E-state index contributed by atoms with van der Waals surface area (Å²) in [4.78, 5) is 0. The first kappa shape index (κ1) is 8.25. The zero-order valence-corrected chi connectivity index (χ0v) is 8.13. The Morgan fingerprint density at radius 3 is 2.31 bits per heavy atom. The van der Waals surface area contributed by atoms with E-state index >= 15 is 0 Å². The van der Waals surface area contributed by atoms with Crippen molar-refractivity contribution in [3.8, 4) is 0 Å². The Balaban J connectivity index is 1.70. The largest absolute Gasteiger partial charge is 0.392 e. The minimum Gasteiger partial charge on any atom is -0.392 e. The first-order valence-corrected chi connectivity index (χ1v) is 5.61. The van der Waals surface area contributed by atoms with Crippen molar-refractivity contribution in [2.75, 3.05) is 6.54 Å². The Morgan fingerprint density at radius 1 is 1.31 bits per heavy atom. The molecule has 1 spiro atoms. The number of hydrogen-bond acceptors (Lipinski definition) is 2. The molecule has 0 radical (unpaired) electrons. The lowest BCUT2D eigenvalue weighted by Gasteiger charge is -2.45. The lowest BCUT2D eigenvalue weighted by molar-refractivity contribution is -0.0445. The molecule has 0 aromatic heterocycles. The molecule has 0 aliphatic heterocycles. The molecule has 0 amide bonds. The third kappa shape index (κ3) is 0.962. The van der Waals surface area contributed by atoms with Crippen LogP contribution in [0.15, 0.2) is 0 Å². The molecule has 0 aromatic rings. The van der Waals surface area contributed by atoms with Gasteiger partial charge in [0.05, 0.1) is 6.10 Å². The molecule has 2 atom stereocenters. The monoisotopic (exact) mass is 181 g/mol. The number of nitrogens with two attached hydrogens (primary N) is 1. The average Bonchev–Trinajstić information content (AvgIpc) is 2.92. The molecule has 3 aliphatic rings. The topological polar surface area (TPSA) is 46.2 Å². The fourth-order valence-electron chi connectivity index (χ4n) is 3.24. The molecule has 3 fully saturated rings. The number of aliphatic hydroxyl groups is 1. The summed E-state index contributed by atoms with van der Waals surface area (Å²) in [5, 5.41) is 10.3. The van der Waals surface area contributed by atoms with Crippen LogP contribution in [0, 0.1) is 16.7 Å². The zero-order chi connectivity index (χ0) is 9.10. The van der Waals surface area contributed by atoms with E-state index in [9.17, 15) is 5.11 Å². The number of hydrogen-bond donors (Lipinski definition) is 2. The van der Waals surface area contributed by atoms with E-state index in [0.717, 1.165) is 12.8 Å². The van der Waals surface area contributed by atoms with Crippen molar-refractivity contribution >= 4 is 0 Å². The van der Waals surface area contributed by atoms with Gasteiger partial charge in [-0.1, -0.05) is 6.42 Å². The molecule has 74 valence electrons. The molecular formula is C11H19NO. The van der Waals surface area contributed by atoms with Crippen molar-refractivity contribution in [3.05, 3.63) is 0 Å². The predicted octanol–water partition coefficient (Wildman–Crippen LogP) is 1.28. The lowest BCUT2D eigenvalue weighted by Crippen LogP contribution is -2.48. The van der Waals surface area contributed by atoms with Gasteiger partial charge in [-0.25, -0.2) is 0 Å². The number of rotatable bonds is 3. The SMILES string of the molecule is NCC1(C(O)C2CC23CC3)CCC1. The zero-order valence-electron chi connectivity index (χ0n) is 8.13. The Hall–Kier alpha value is -0.0800. The van der Waals surface area contributed by atoms with Gasteiger partial charge in [0.1, 0.15) is 0 Å². The van der Waals surface area contributed by atoms with Crippen molar-refractivity contribution in [1.82, 2.24) is 0 Å². The van der Waals surface area contributed by atoms with Gasteiger partial charge in [0.15, 0.2) is 0 Å². The summed E-state index contributed by atoms with van der Waals surface area (Å²) in [6.45, 7) is 0.695. The highest BCUT2D eigenvalue weighted by atomic mass is 16.3. The summed E-state index contributed by atoms with van der Waals surface area (Å²) < 4.78 is 0. The van der Waals surface area contributed by atoms with Gasteiger partial charge in [0.2, 0.25) is 0 Å². The van der Waals surface area contributed by atoms with Crippen LogP contribution in [0.1, 0.15) is 38.5 Å². The van der Waals surface area contributed by atoms with E-state index in [-0.39, 0.29) is 11.5 Å². The standard InChI is InChI=1S/C11H19NO/c12-7-11(2-1-3-11)9(13)8-6-10(8)4-5-10/h8-9,13H,1-7,12H2. The second-order valence-electron chi connectivity index (χ2n) is 5.54. The molecular weight excluding hydrogens is 162 g/mol. The molecule has 13 heavy (non-hydrogen) atoms. The lowest BCUT2D eigenvalue weighted by atomic mass is 9.63. The second-order valence-corrected chi connectivity index (χ2v) is 5.54. The molecule has 0 heterocycles. The Morgan fingerprint density at radius 2 is 2.00 bits per heavy atom. The predicted molar refractivity (Wildman–Crippen MR) is 51.1 cm³/mol. The summed E-state index contributed by atoms with van der Waals surface area (Å²) in [7, 11) is 0. The van der Waals surface area contributed by atoms with Crippen molar-refractivity contribution in [3.63, 3.8) is 0 Å². The molecule has 2 nitrogen and oxygen atoms in total. The van der Waals surface area contributed by atoms with Crippen molar-refractivity contribution in [1.29, 1.82) is 0 Å². The van der Waals surface area contributed by atoms with E-state index in [4.69, 9.17) is 5.73 Å². The summed E-state index contributed by atoms with van der Waals surface area (Å²) in [5.74, 6) is 0.622. The smallest absolute Gasteiger partial charge is 0.0642 e. The Bertz CT molecular complexity index is 225. The summed E-state index contributed by atoms with van der Waals surface area (Å²) in [6.07, 6.45) is 7.55. The summed E-state index contributed by atoms with van der Waals surface area (Å²) >= 11 is 0. The van der Waals surface area contributed by atoms with Gasteiger partial charge in [-0.05, 0) is 43.4 Å². The third-order valence-corrected chi connectivity index (χ3v) is 4.91. The van der Waals surface area contributed by atoms with Crippen LogP contribution in [0.5, 0.6) is 0 Å². The van der Waals surface area contributed by atoms with Crippen molar-refractivity contribution in [2.24, 2.45) is 22.5 Å². The van der Waals surface area contributed by atoms with Crippen LogP contribution < -0.4 is 5.73 Å². The number of aliphatic hydroxyl groups excluding tert-OH is 1. The van der Waals surface area contributed by atoms with E-state index in [1.807, 2.05) is 0 Å². The van der Waals surface area contributed by atoms with Crippen LogP contribution >= 0.6 is 0 Å². The van der Waals surface area contributed by atoms with Crippen molar-refractivity contribution in [2.45, 2.75) is 44.6 Å². The van der Waals surface area contributed by atoms with E-state index in [2.05, 4.69) is 0 Å². The van der Waals surface area contributed by atoms with E-state index in [1.165, 1.54) is 25.7 Å². The molecule has 3 rings (SSSR count). The first-order chi connectivity index (χ1) is 6.22. The Kier molecular flexibility index (Phi) is 1.45. The van der Waals surface area contributed by atoms with Crippen LogP contribution in [0.4, 0.5) is 0 Å². The first-order valence-electron chi connectivity index (χ1n) is 5.61. The molecule has 0 aromatic carbocycles. The maximum absolute atomic E-state index is 10.3. The minimum absolute atomic E-state index is 0.0752. The second kappa shape index (κ2) is 2.29. The molecule has 2 unspecified atom stereocenters. The minimum atomic E-state index is -0.0752. The Labute approximate surface area is 79.5 Å². The fraction of sp³-hybridized carbons (Fsp3) is 1.00. The summed E-state index contributed by atoms with van der Waals surface area (Å²) in [5.41, 5.74) is 6.54. The van der Waals surface area contributed by atoms with Crippen LogP contribution in [-0.2, 0) is 0 Å². The highest BCUT2D eigenvalue weighted by Gasteiger charge is 2.67. The van der Waals surface area contributed by atoms with Gasteiger partial charge < -0.3 is 10.8 Å².